The van der Waals surface area contributed by atoms with Crippen LogP contribution in [0.25, 0.3) is 10.9 Å². The zero-order valence-electron chi connectivity index (χ0n) is 11.5. The van der Waals surface area contributed by atoms with Crippen molar-refractivity contribution in [2.75, 3.05) is 0 Å². The first kappa shape index (κ1) is 12.8. The van der Waals surface area contributed by atoms with Crippen molar-refractivity contribution >= 4 is 10.9 Å². The average molecular weight is 266 g/mol. The molecular formula is C17H18N2O. The van der Waals surface area contributed by atoms with Gasteiger partial charge >= 0.3 is 0 Å². The van der Waals surface area contributed by atoms with Crippen LogP contribution in [-0.4, -0.2) is 4.57 Å². The van der Waals surface area contributed by atoms with E-state index in [1.807, 2.05) is 30.3 Å². The number of hydrogen-bond donors (Lipinski definition) is 1. The van der Waals surface area contributed by atoms with E-state index < -0.39 is 0 Å². The van der Waals surface area contributed by atoms with Crippen molar-refractivity contribution in [2.24, 2.45) is 12.8 Å². The standard InChI is InChI=1S/C17H18N2O/c1-19-11-14(12-20-15-5-3-2-4-6-15)16-9-13(10-18)7-8-17(16)19/h2-9,11H,10,12,18H2,1H3. The molecule has 0 aliphatic rings. The second-order valence-electron chi connectivity index (χ2n) is 4.92. The smallest absolute Gasteiger partial charge is 0.119 e. The van der Waals surface area contributed by atoms with Gasteiger partial charge in [0.05, 0.1) is 0 Å². The van der Waals surface area contributed by atoms with Crippen molar-refractivity contribution in [3.63, 3.8) is 0 Å². The number of para-hydroxylation sites is 1. The summed E-state index contributed by atoms with van der Waals surface area (Å²) >= 11 is 0. The minimum Gasteiger partial charge on any atom is -0.489 e. The Morgan fingerprint density at radius 2 is 1.90 bits per heavy atom. The van der Waals surface area contributed by atoms with Gasteiger partial charge in [0.25, 0.3) is 0 Å². The van der Waals surface area contributed by atoms with Crippen LogP contribution in [0.5, 0.6) is 5.75 Å². The van der Waals surface area contributed by atoms with Crippen LogP contribution >= 0.6 is 0 Å². The molecule has 1 aromatic heterocycles. The van der Waals surface area contributed by atoms with Gasteiger partial charge in [-0.3, -0.25) is 0 Å². The maximum Gasteiger partial charge on any atom is 0.119 e. The molecule has 3 aromatic rings. The van der Waals surface area contributed by atoms with E-state index in [9.17, 15) is 0 Å². The Hall–Kier alpha value is -2.26. The molecule has 0 saturated carbocycles. The van der Waals surface area contributed by atoms with Gasteiger partial charge < -0.3 is 15.0 Å². The van der Waals surface area contributed by atoms with Crippen LogP contribution in [0.15, 0.2) is 54.7 Å². The molecule has 0 atom stereocenters. The van der Waals surface area contributed by atoms with Gasteiger partial charge in [-0.15, -0.1) is 0 Å². The minimum atomic E-state index is 0.559. The van der Waals surface area contributed by atoms with Gasteiger partial charge in [0, 0.05) is 36.3 Å². The first-order chi connectivity index (χ1) is 9.78. The number of fused-ring (bicyclic) bond motifs is 1. The molecule has 0 unspecified atom stereocenters. The molecule has 0 saturated heterocycles. The normalized spacial score (nSPS) is 10.9. The van der Waals surface area contributed by atoms with E-state index in [1.54, 1.807) is 0 Å². The highest BCUT2D eigenvalue weighted by Gasteiger charge is 2.08. The number of nitrogens with two attached hydrogens (primary N) is 1. The van der Waals surface area contributed by atoms with Crippen molar-refractivity contribution in [1.82, 2.24) is 4.57 Å². The number of nitrogens with zero attached hydrogens (tertiary/aromatic N) is 1. The Kier molecular flexibility index (Phi) is 3.44. The summed E-state index contributed by atoms with van der Waals surface area (Å²) in [6, 6.07) is 16.2. The summed E-state index contributed by atoms with van der Waals surface area (Å²) in [6.07, 6.45) is 2.12. The minimum absolute atomic E-state index is 0.559. The third kappa shape index (κ3) is 2.40. The maximum absolute atomic E-state index is 5.84. The van der Waals surface area contributed by atoms with Crippen molar-refractivity contribution in [3.8, 4) is 5.75 Å². The predicted octanol–water partition coefficient (Wildman–Crippen LogP) is 3.22. The summed E-state index contributed by atoms with van der Waals surface area (Å²) in [5.41, 5.74) is 9.25. The van der Waals surface area contributed by atoms with Crippen molar-refractivity contribution in [1.29, 1.82) is 0 Å². The summed E-state index contributed by atoms with van der Waals surface area (Å²) in [6.45, 7) is 1.12. The molecule has 2 aromatic carbocycles. The lowest BCUT2D eigenvalue weighted by atomic mass is 10.1. The lowest BCUT2D eigenvalue weighted by Gasteiger charge is -2.05. The van der Waals surface area contributed by atoms with E-state index in [1.165, 1.54) is 16.5 Å². The Morgan fingerprint density at radius 1 is 1.10 bits per heavy atom. The summed E-state index contributed by atoms with van der Waals surface area (Å²) < 4.78 is 7.97. The maximum atomic E-state index is 5.84. The SMILES string of the molecule is Cn1cc(COc2ccccc2)c2cc(CN)ccc21. The highest BCUT2D eigenvalue weighted by molar-refractivity contribution is 5.84. The molecule has 0 spiro atoms. The quantitative estimate of drug-likeness (QED) is 0.787. The predicted molar refractivity (Wildman–Crippen MR) is 81.6 cm³/mol. The van der Waals surface area contributed by atoms with Crippen LogP contribution in [0.4, 0.5) is 0 Å². The van der Waals surface area contributed by atoms with E-state index in [0.717, 1.165) is 11.3 Å². The molecule has 1 heterocycles. The number of aryl methyl sites for hydroxylation is 1. The fraction of sp³-hybridized carbons (Fsp3) is 0.176. The summed E-state index contributed by atoms with van der Waals surface area (Å²) in [5, 5.41) is 1.21. The monoisotopic (exact) mass is 266 g/mol. The molecule has 3 nitrogen and oxygen atoms in total. The molecule has 0 radical (unpaired) electrons. The van der Waals surface area contributed by atoms with Gasteiger partial charge in [-0.2, -0.15) is 0 Å². The summed E-state index contributed by atoms with van der Waals surface area (Å²) in [7, 11) is 2.05. The molecule has 0 aliphatic carbocycles. The van der Waals surface area contributed by atoms with Gasteiger partial charge in [-0.1, -0.05) is 24.3 Å². The highest BCUT2D eigenvalue weighted by Crippen LogP contribution is 2.23. The molecule has 3 rings (SSSR count). The molecule has 0 aliphatic heterocycles. The Labute approximate surface area is 118 Å². The van der Waals surface area contributed by atoms with E-state index in [2.05, 4.69) is 36.0 Å². The van der Waals surface area contributed by atoms with Gasteiger partial charge in [-0.05, 0) is 29.8 Å². The van der Waals surface area contributed by atoms with Gasteiger partial charge in [0.2, 0.25) is 0 Å². The second-order valence-corrected chi connectivity index (χ2v) is 4.92. The molecular weight excluding hydrogens is 248 g/mol. The number of ether oxygens (including phenoxy) is 1. The lowest BCUT2D eigenvalue weighted by molar-refractivity contribution is 0.307. The largest absolute Gasteiger partial charge is 0.489 e. The van der Waals surface area contributed by atoms with Crippen molar-refractivity contribution < 1.29 is 4.74 Å². The van der Waals surface area contributed by atoms with Gasteiger partial charge in [0.1, 0.15) is 12.4 Å². The number of rotatable bonds is 4. The number of hydrogen-bond acceptors (Lipinski definition) is 2. The Bertz CT molecular complexity index is 716. The van der Waals surface area contributed by atoms with E-state index in [0.29, 0.717) is 13.2 Å². The third-order valence-electron chi connectivity index (χ3n) is 3.51. The second kappa shape index (κ2) is 5.39. The van der Waals surface area contributed by atoms with Gasteiger partial charge in [-0.25, -0.2) is 0 Å². The summed E-state index contributed by atoms with van der Waals surface area (Å²) in [5.74, 6) is 0.888. The Balaban J connectivity index is 1.91. The zero-order chi connectivity index (χ0) is 13.9. The van der Waals surface area contributed by atoms with Crippen LogP contribution in [0.1, 0.15) is 11.1 Å². The lowest BCUT2D eigenvalue weighted by Crippen LogP contribution is -1.97. The summed E-state index contributed by atoms with van der Waals surface area (Å²) in [4.78, 5) is 0. The molecule has 0 amide bonds. The van der Waals surface area contributed by atoms with Crippen molar-refractivity contribution in [2.45, 2.75) is 13.2 Å². The average Bonchev–Trinajstić information content (AvgIpc) is 2.82. The zero-order valence-corrected chi connectivity index (χ0v) is 11.5. The van der Waals surface area contributed by atoms with Crippen LogP contribution < -0.4 is 10.5 Å². The Morgan fingerprint density at radius 3 is 2.65 bits per heavy atom. The van der Waals surface area contributed by atoms with Crippen molar-refractivity contribution in [3.05, 3.63) is 65.9 Å². The van der Waals surface area contributed by atoms with Crippen LogP contribution in [0, 0.1) is 0 Å². The van der Waals surface area contributed by atoms with Gasteiger partial charge in [0.15, 0.2) is 0 Å². The molecule has 2 N–H and O–H groups in total. The third-order valence-corrected chi connectivity index (χ3v) is 3.51. The first-order valence-corrected chi connectivity index (χ1v) is 6.72. The molecule has 0 bridgehead atoms. The van der Waals surface area contributed by atoms with Crippen LogP contribution in [-0.2, 0) is 20.2 Å². The fourth-order valence-corrected chi connectivity index (χ4v) is 2.44. The van der Waals surface area contributed by atoms with Crippen LogP contribution in [0.2, 0.25) is 0 Å². The van der Waals surface area contributed by atoms with Crippen LogP contribution in [0.3, 0.4) is 0 Å². The fourth-order valence-electron chi connectivity index (χ4n) is 2.44. The van der Waals surface area contributed by atoms with E-state index in [-0.39, 0.29) is 0 Å². The first-order valence-electron chi connectivity index (χ1n) is 6.72. The molecule has 102 valence electrons. The van der Waals surface area contributed by atoms with E-state index >= 15 is 0 Å². The number of benzene rings is 2. The van der Waals surface area contributed by atoms with E-state index in [4.69, 9.17) is 10.5 Å². The molecule has 3 heteroatoms. The molecule has 0 fully saturated rings. The molecule has 20 heavy (non-hydrogen) atoms. The topological polar surface area (TPSA) is 40.2 Å². The number of aromatic nitrogens is 1. The highest BCUT2D eigenvalue weighted by atomic mass is 16.5.